The van der Waals surface area contributed by atoms with Crippen LogP contribution in [0.15, 0.2) is 66.7 Å². The summed E-state index contributed by atoms with van der Waals surface area (Å²) in [5.41, 5.74) is 1.07. The molecule has 2 fully saturated rings. The molecule has 1 saturated heterocycles. The van der Waals surface area contributed by atoms with Gasteiger partial charge in [-0.15, -0.1) is 0 Å². The Morgan fingerprint density at radius 3 is 2.82 bits per heavy atom. The zero-order valence-electron chi connectivity index (χ0n) is 20.5. The van der Waals surface area contributed by atoms with Crippen LogP contribution >= 0.6 is 22.9 Å². The van der Waals surface area contributed by atoms with E-state index < -0.39 is 23.6 Å². The van der Waals surface area contributed by atoms with E-state index >= 15 is 0 Å². The van der Waals surface area contributed by atoms with Gasteiger partial charge in [-0.25, -0.2) is 9.37 Å². The van der Waals surface area contributed by atoms with Gasteiger partial charge >= 0.3 is 0 Å². The van der Waals surface area contributed by atoms with Gasteiger partial charge in [0.1, 0.15) is 17.5 Å². The van der Waals surface area contributed by atoms with Gasteiger partial charge in [0, 0.05) is 35.6 Å². The lowest BCUT2D eigenvalue weighted by molar-refractivity contribution is -0.122. The summed E-state index contributed by atoms with van der Waals surface area (Å²) in [5, 5.41) is 13.9. The van der Waals surface area contributed by atoms with E-state index in [1.54, 1.807) is 18.5 Å². The number of anilines is 1. The van der Waals surface area contributed by atoms with E-state index in [9.17, 15) is 14.3 Å². The molecule has 1 amide bonds. The average molecular weight is 556 g/mol. The maximum Gasteiger partial charge on any atom is 0.244 e. The van der Waals surface area contributed by atoms with Gasteiger partial charge in [-0.3, -0.25) is 9.69 Å². The van der Waals surface area contributed by atoms with E-state index in [0.717, 1.165) is 16.0 Å². The predicted octanol–water partition coefficient (Wildman–Crippen LogP) is 5.27. The number of hydrogen-bond donors (Lipinski definition) is 2. The minimum absolute atomic E-state index is 0.179. The van der Waals surface area contributed by atoms with Gasteiger partial charge in [-0.05, 0) is 42.5 Å². The Balaban J connectivity index is 1.16. The fraction of sp³-hybridized carbons (Fsp3) is 0.357. The van der Waals surface area contributed by atoms with Crippen LogP contribution in [0.1, 0.15) is 41.3 Å². The number of thiazole rings is 1. The van der Waals surface area contributed by atoms with Crippen LogP contribution in [0.3, 0.4) is 0 Å². The van der Waals surface area contributed by atoms with Crippen LogP contribution in [0, 0.1) is 11.2 Å². The van der Waals surface area contributed by atoms with E-state index in [1.807, 2.05) is 30.3 Å². The molecule has 1 saturated carbocycles. The summed E-state index contributed by atoms with van der Waals surface area (Å²) in [7, 11) is 0. The van der Waals surface area contributed by atoms with Crippen molar-refractivity contribution in [1.29, 1.82) is 0 Å². The zero-order chi connectivity index (χ0) is 26.3. The number of aliphatic hydroxyl groups is 1. The molecule has 1 aromatic heterocycles. The Kier molecular flexibility index (Phi) is 6.86. The van der Waals surface area contributed by atoms with Crippen molar-refractivity contribution >= 4 is 34.0 Å². The van der Waals surface area contributed by atoms with Crippen LogP contribution < -0.4 is 5.32 Å². The van der Waals surface area contributed by atoms with Gasteiger partial charge < -0.3 is 19.9 Å². The summed E-state index contributed by atoms with van der Waals surface area (Å²) < 4.78 is 25.5. The second-order valence-electron chi connectivity index (χ2n) is 9.97. The first kappa shape index (κ1) is 25.3. The van der Waals surface area contributed by atoms with E-state index in [2.05, 4.69) is 15.2 Å². The minimum Gasteiger partial charge on any atom is -0.459 e. The van der Waals surface area contributed by atoms with Gasteiger partial charge in [0.2, 0.25) is 12.2 Å². The Morgan fingerprint density at radius 2 is 2.11 bits per heavy atom. The fourth-order valence-corrected chi connectivity index (χ4v) is 6.35. The monoisotopic (exact) mass is 555 g/mol. The number of amides is 1. The van der Waals surface area contributed by atoms with Crippen LogP contribution in [0.25, 0.3) is 0 Å². The predicted molar refractivity (Wildman–Crippen MR) is 142 cm³/mol. The van der Waals surface area contributed by atoms with Crippen molar-refractivity contribution < 1.29 is 23.8 Å². The van der Waals surface area contributed by atoms with Crippen LogP contribution in [0.2, 0.25) is 5.02 Å². The quantitative estimate of drug-likeness (QED) is 0.394. The second kappa shape index (κ2) is 10.3. The molecule has 3 heterocycles. The highest BCUT2D eigenvalue weighted by Gasteiger charge is 2.57. The third-order valence-electron chi connectivity index (χ3n) is 7.32. The number of likely N-dealkylation sites (tertiary alicyclic amines) is 1. The molecule has 3 atom stereocenters. The van der Waals surface area contributed by atoms with Gasteiger partial charge in [0.25, 0.3) is 0 Å². The number of β-amino-alcohol motifs (C(OH)–C–C–N with tert-alkyl or cyclic N) is 1. The fourth-order valence-electron chi connectivity index (χ4n) is 5.11. The molecule has 2 aromatic carbocycles. The lowest BCUT2D eigenvalue weighted by Gasteiger charge is -2.27. The number of rotatable bonds is 8. The number of carbonyl (C=O) groups excluding carboxylic acids is 1. The molecule has 10 heteroatoms. The molecule has 1 aliphatic carbocycles. The minimum atomic E-state index is -0.754. The van der Waals surface area contributed by atoms with Crippen molar-refractivity contribution in [2.45, 2.75) is 44.1 Å². The number of benzene rings is 2. The maximum absolute atomic E-state index is 13.8. The Labute approximate surface area is 228 Å². The van der Waals surface area contributed by atoms with Crippen LogP contribution in [0.5, 0.6) is 0 Å². The second-order valence-corrected chi connectivity index (χ2v) is 11.4. The number of carbonyl (C=O) groups is 1. The van der Waals surface area contributed by atoms with Crippen LogP contribution in [-0.2, 0) is 20.7 Å². The van der Waals surface area contributed by atoms with Gasteiger partial charge in [0.05, 0.1) is 12.1 Å². The highest BCUT2D eigenvalue weighted by Crippen LogP contribution is 2.55. The van der Waals surface area contributed by atoms with E-state index in [1.165, 1.54) is 23.5 Å². The summed E-state index contributed by atoms with van der Waals surface area (Å²) >= 11 is 7.78. The molecule has 198 valence electrons. The molecule has 3 aliphatic rings. The molecule has 6 rings (SSSR count). The first-order valence-electron chi connectivity index (χ1n) is 12.6. The van der Waals surface area contributed by atoms with Gasteiger partial charge in [0.15, 0.2) is 10.9 Å². The number of hydrogen-bond acceptors (Lipinski definition) is 7. The Bertz CT molecular complexity index is 1360. The summed E-state index contributed by atoms with van der Waals surface area (Å²) in [4.78, 5) is 20.8. The number of halogens is 2. The topological polar surface area (TPSA) is 83.9 Å². The first-order chi connectivity index (χ1) is 18.4. The third-order valence-corrected chi connectivity index (χ3v) is 8.61. The Hall–Kier alpha value is -2.98. The molecule has 7 nitrogen and oxygen atoms in total. The van der Waals surface area contributed by atoms with Crippen molar-refractivity contribution in [3.63, 3.8) is 0 Å². The summed E-state index contributed by atoms with van der Waals surface area (Å²) in [6.07, 6.45) is 4.95. The SMILES string of the molecule is O=C(Nc1ncc(C(c2ccc(F)cc2Cl)N2CCC(O)C2)s1)C1(C2=COC(Cc3ccccc3)O2)CC1. The average Bonchev–Trinajstić information content (AvgIpc) is 3.18. The summed E-state index contributed by atoms with van der Waals surface area (Å²) in [5.74, 6) is -0.0410. The summed E-state index contributed by atoms with van der Waals surface area (Å²) in [6, 6.07) is 13.9. The van der Waals surface area contributed by atoms with Crippen LogP contribution in [-0.4, -0.2) is 46.4 Å². The zero-order valence-corrected chi connectivity index (χ0v) is 22.1. The van der Waals surface area contributed by atoms with Crippen molar-refractivity contribution in [2.24, 2.45) is 5.41 Å². The number of nitrogens with zero attached hydrogens (tertiary/aromatic N) is 2. The molecule has 0 radical (unpaired) electrons. The number of aromatic nitrogens is 1. The van der Waals surface area contributed by atoms with E-state index in [-0.39, 0.29) is 11.9 Å². The molecule has 0 bridgehead atoms. The standard InChI is InChI=1S/C28H27ClFN3O4S/c29-21-13-18(30)6-7-20(21)25(33-11-8-19(34)15-33)22-14-31-27(38-22)32-26(35)28(9-10-28)23-16-36-24(37-23)12-17-4-2-1-3-5-17/h1-7,13-14,16,19,24-25,34H,8-12,15H2,(H,31,32,35). The van der Waals surface area contributed by atoms with Crippen LogP contribution in [0.4, 0.5) is 9.52 Å². The third kappa shape index (κ3) is 5.03. The highest BCUT2D eigenvalue weighted by atomic mass is 35.5. The lowest BCUT2D eigenvalue weighted by atomic mass is 10.0. The van der Waals surface area contributed by atoms with E-state index in [4.69, 9.17) is 21.1 Å². The number of aliphatic hydroxyl groups excluding tert-OH is 1. The largest absolute Gasteiger partial charge is 0.459 e. The lowest BCUT2D eigenvalue weighted by Crippen LogP contribution is -2.28. The van der Waals surface area contributed by atoms with Gasteiger partial charge in [-0.1, -0.05) is 59.3 Å². The van der Waals surface area contributed by atoms with Gasteiger partial charge in [-0.2, -0.15) is 0 Å². The van der Waals surface area contributed by atoms with Crippen molar-refractivity contribution in [2.75, 3.05) is 18.4 Å². The molecule has 2 aliphatic heterocycles. The number of ether oxygens (including phenoxy) is 2. The Morgan fingerprint density at radius 1 is 1.29 bits per heavy atom. The molecule has 3 aromatic rings. The molecule has 3 unspecified atom stereocenters. The molecule has 0 spiro atoms. The molecule has 38 heavy (non-hydrogen) atoms. The van der Waals surface area contributed by atoms with Crippen molar-refractivity contribution in [3.8, 4) is 0 Å². The first-order valence-corrected chi connectivity index (χ1v) is 13.8. The number of nitrogens with one attached hydrogen (secondary N) is 1. The smallest absolute Gasteiger partial charge is 0.244 e. The van der Waals surface area contributed by atoms with Crippen molar-refractivity contribution in [3.05, 3.63) is 93.6 Å². The summed E-state index contributed by atoms with van der Waals surface area (Å²) in [6.45, 7) is 1.13. The highest BCUT2D eigenvalue weighted by molar-refractivity contribution is 7.15. The van der Waals surface area contributed by atoms with Crippen molar-refractivity contribution in [1.82, 2.24) is 9.88 Å². The van der Waals surface area contributed by atoms with E-state index in [0.29, 0.717) is 54.7 Å². The molecule has 2 N–H and O–H groups in total. The molecular formula is C28H27ClFN3O4S. The molecular weight excluding hydrogens is 529 g/mol. The maximum atomic E-state index is 13.8. The normalized spacial score (nSPS) is 22.9.